The van der Waals surface area contributed by atoms with Gasteiger partial charge < -0.3 is 4.90 Å². The number of nitro benzene ring substituents is 1. The van der Waals surface area contributed by atoms with Crippen molar-refractivity contribution in [3.05, 3.63) is 31.9 Å². The second-order valence-electron chi connectivity index (χ2n) is 5.84. The van der Waals surface area contributed by atoms with Gasteiger partial charge in [-0.3, -0.25) is 10.1 Å². The Labute approximate surface area is 132 Å². The van der Waals surface area contributed by atoms with E-state index in [1.807, 2.05) is 12.1 Å². The molecule has 1 saturated carbocycles. The van der Waals surface area contributed by atoms with E-state index in [-0.39, 0.29) is 10.6 Å². The maximum absolute atomic E-state index is 10.9. The van der Waals surface area contributed by atoms with Crippen LogP contribution in [0.4, 0.5) is 11.4 Å². The molecule has 4 nitrogen and oxygen atoms in total. The van der Waals surface area contributed by atoms with E-state index < -0.39 is 0 Å². The Balaban J connectivity index is 1.87. The lowest BCUT2D eigenvalue weighted by molar-refractivity contribution is -0.385. The van der Waals surface area contributed by atoms with Crippen LogP contribution in [0, 0.1) is 19.6 Å². The van der Waals surface area contributed by atoms with Gasteiger partial charge in [0.15, 0.2) is 0 Å². The maximum Gasteiger partial charge on any atom is 0.282 e. The number of fused-ring (bicyclic) bond motifs is 1. The zero-order chi connectivity index (χ0) is 14.1. The van der Waals surface area contributed by atoms with Gasteiger partial charge in [0.1, 0.15) is 0 Å². The van der Waals surface area contributed by atoms with Crippen LogP contribution < -0.4 is 4.90 Å². The molecule has 108 valence electrons. The number of nitro groups is 1. The Morgan fingerprint density at radius 3 is 2.70 bits per heavy atom. The molecule has 0 unspecified atom stereocenters. The van der Waals surface area contributed by atoms with E-state index in [0.29, 0.717) is 6.04 Å². The van der Waals surface area contributed by atoms with Gasteiger partial charge >= 0.3 is 0 Å². The Bertz CT molecular complexity index is 519. The normalized spacial score (nSPS) is 26.1. The van der Waals surface area contributed by atoms with E-state index in [9.17, 15) is 10.1 Å². The lowest BCUT2D eigenvalue weighted by atomic mass is 9.78. The summed E-state index contributed by atoms with van der Waals surface area (Å²) in [5, 5.41) is 10.9. The summed E-state index contributed by atoms with van der Waals surface area (Å²) in [6.45, 7) is 1.09. The van der Waals surface area contributed by atoms with Crippen molar-refractivity contribution in [2.24, 2.45) is 5.92 Å². The minimum Gasteiger partial charge on any atom is -0.368 e. The minimum atomic E-state index is -0.300. The summed E-state index contributed by atoms with van der Waals surface area (Å²) in [6.07, 6.45) is 7.91. The highest BCUT2D eigenvalue weighted by Crippen LogP contribution is 2.38. The lowest BCUT2D eigenvalue weighted by Gasteiger charge is -2.45. The van der Waals surface area contributed by atoms with Crippen LogP contribution in [0.1, 0.15) is 38.5 Å². The predicted molar refractivity (Wildman–Crippen MR) is 88.1 cm³/mol. The van der Waals surface area contributed by atoms with Crippen LogP contribution in [0.2, 0.25) is 0 Å². The fourth-order valence-electron chi connectivity index (χ4n) is 3.77. The Morgan fingerprint density at radius 2 is 1.95 bits per heavy atom. The van der Waals surface area contributed by atoms with Gasteiger partial charge in [0.2, 0.25) is 0 Å². The largest absolute Gasteiger partial charge is 0.368 e. The number of piperidine rings is 1. The molecule has 2 aliphatic rings. The third-order valence-corrected chi connectivity index (χ3v) is 5.57. The van der Waals surface area contributed by atoms with Crippen LogP contribution in [-0.2, 0) is 0 Å². The van der Waals surface area contributed by atoms with Crippen molar-refractivity contribution in [2.45, 2.75) is 44.6 Å². The van der Waals surface area contributed by atoms with Gasteiger partial charge in [0.05, 0.1) is 8.49 Å². The molecular weight excluding hydrogens is 367 g/mol. The predicted octanol–water partition coefficient (Wildman–Crippen LogP) is 4.36. The molecule has 1 aromatic rings. The van der Waals surface area contributed by atoms with Gasteiger partial charge in [0, 0.05) is 24.3 Å². The average Bonchev–Trinajstić information content (AvgIpc) is 2.46. The summed E-state index contributed by atoms with van der Waals surface area (Å²) in [4.78, 5) is 13.1. The minimum absolute atomic E-state index is 0.214. The Hall–Kier alpha value is -0.850. The smallest absolute Gasteiger partial charge is 0.282 e. The summed E-state index contributed by atoms with van der Waals surface area (Å²) in [5.41, 5.74) is 1.38. The number of hydrogen-bond acceptors (Lipinski definition) is 3. The molecule has 1 saturated heterocycles. The van der Waals surface area contributed by atoms with E-state index in [1.54, 1.807) is 6.07 Å². The van der Waals surface area contributed by atoms with E-state index >= 15 is 0 Å². The van der Waals surface area contributed by atoms with Gasteiger partial charge in [-0.25, -0.2) is 0 Å². The van der Waals surface area contributed by atoms with Gasteiger partial charge in [-0.2, -0.15) is 0 Å². The van der Waals surface area contributed by atoms with Gasteiger partial charge in [0.25, 0.3) is 5.69 Å². The van der Waals surface area contributed by atoms with Crippen molar-refractivity contribution in [1.82, 2.24) is 0 Å². The molecule has 0 spiro atoms. The highest BCUT2D eigenvalue weighted by atomic mass is 127. The molecule has 1 heterocycles. The van der Waals surface area contributed by atoms with Crippen molar-refractivity contribution in [3.63, 3.8) is 0 Å². The molecule has 5 heteroatoms. The topological polar surface area (TPSA) is 46.4 Å². The van der Waals surface area contributed by atoms with Crippen LogP contribution in [0.15, 0.2) is 18.2 Å². The zero-order valence-electron chi connectivity index (χ0n) is 11.4. The number of nitrogens with zero attached hydrogens (tertiary/aromatic N) is 2. The SMILES string of the molecule is O=[N+]([O-])c1ccc(N2CCC[C@H]3CCCC[C@H]32)cc1I. The Morgan fingerprint density at radius 1 is 1.20 bits per heavy atom. The van der Waals surface area contributed by atoms with Gasteiger partial charge in [-0.05, 0) is 66.3 Å². The third-order valence-electron chi connectivity index (χ3n) is 4.70. The zero-order valence-corrected chi connectivity index (χ0v) is 13.6. The van der Waals surface area contributed by atoms with Crippen molar-refractivity contribution < 1.29 is 4.92 Å². The van der Waals surface area contributed by atoms with Crippen molar-refractivity contribution in [3.8, 4) is 0 Å². The van der Waals surface area contributed by atoms with E-state index in [0.717, 1.165) is 21.7 Å². The first-order valence-corrected chi connectivity index (χ1v) is 8.45. The van der Waals surface area contributed by atoms with E-state index in [1.165, 1.54) is 38.5 Å². The second-order valence-corrected chi connectivity index (χ2v) is 7.00. The summed E-state index contributed by atoms with van der Waals surface area (Å²) in [5.74, 6) is 0.824. The molecule has 1 aliphatic heterocycles. The molecule has 0 N–H and O–H groups in total. The van der Waals surface area contributed by atoms with Crippen molar-refractivity contribution in [2.75, 3.05) is 11.4 Å². The molecule has 0 aromatic heterocycles. The summed E-state index contributed by atoms with van der Waals surface area (Å²) in [6, 6.07) is 6.21. The summed E-state index contributed by atoms with van der Waals surface area (Å²) in [7, 11) is 0. The molecule has 1 aliphatic carbocycles. The van der Waals surface area contributed by atoms with E-state index in [4.69, 9.17) is 0 Å². The van der Waals surface area contributed by atoms with Crippen molar-refractivity contribution in [1.29, 1.82) is 0 Å². The molecule has 0 radical (unpaired) electrons. The average molecular weight is 386 g/mol. The number of benzene rings is 1. The van der Waals surface area contributed by atoms with Crippen LogP contribution in [-0.4, -0.2) is 17.5 Å². The first kappa shape index (κ1) is 14.1. The molecule has 2 atom stereocenters. The molecule has 2 fully saturated rings. The number of rotatable bonds is 2. The first-order chi connectivity index (χ1) is 9.66. The molecule has 3 rings (SSSR count). The quantitative estimate of drug-likeness (QED) is 0.431. The van der Waals surface area contributed by atoms with Crippen LogP contribution in [0.5, 0.6) is 0 Å². The summed E-state index contributed by atoms with van der Waals surface area (Å²) < 4.78 is 0.739. The summed E-state index contributed by atoms with van der Waals surface area (Å²) >= 11 is 2.08. The standard InChI is InChI=1S/C15H19IN2O2/c16-13-10-12(7-8-15(13)18(19)20)17-9-3-5-11-4-1-2-6-14(11)17/h7-8,10-11,14H,1-6,9H2/t11-,14-/m1/s1. The molecule has 0 amide bonds. The fraction of sp³-hybridized carbons (Fsp3) is 0.600. The fourth-order valence-corrected chi connectivity index (χ4v) is 4.46. The van der Waals surface area contributed by atoms with Crippen LogP contribution in [0.3, 0.4) is 0 Å². The number of anilines is 1. The lowest BCUT2D eigenvalue weighted by Crippen LogP contribution is -2.46. The van der Waals surface area contributed by atoms with Crippen molar-refractivity contribution >= 4 is 34.0 Å². The van der Waals surface area contributed by atoms with Gasteiger partial charge in [-0.1, -0.05) is 12.8 Å². The highest BCUT2D eigenvalue weighted by Gasteiger charge is 2.33. The number of halogens is 1. The van der Waals surface area contributed by atoms with Gasteiger partial charge in [-0.15, -0.1) is 0 Å². The van der Waals surface area contributed by atoms with E-state index in [2.05, 4.69) is 27.5 Å². The third kappa shape index (κ3) is 2.64. The molecule has 20 heavy (non-hydrogen) atoms. The molecule has 0 bridgehead atoms. The molecular formula is C15H19IN2O2. The van der Waals surface area contributed by atoms with Crippen LogP contribution in [0.25, 0.3) is 0 Å². The molecule has 1 aromatic carbocycles. The maximum atomic E-state index is 10.9. The van der Waals surface area contributed by atoms with Crippen LogP contribution >= 0.6 is 22.6 Å². The highest BCUT2D eigenvalue weighted by molar-refractivity contribution is 14.1. The monoisotopic (exact) mass is 386 g/mol. The number of hydrogen-bond donors (Lipinski definition) is 0. The Kier molecular flexibility index (Phi) is 4.14. The first-order valence-electron chi connectivity index (χ1n) is 7.37. The second kappa shape index (κ2) is 5.87.